The van der Waals surface area contributed by atoms with Crippen LogP contribution in [0.5, 0.6) is 0 Å². The van der Waals surface area contributed by atoms with Crippen molar-refractivity contribution in [1.29, 1.82) is 0 Å². The minimum atomic E-state index is 0.178. The van der Waals surface area contributed by atoms with Crippen LogP contribution in [0.4, 0.5) is 0 Å². The van der Waals surface area contributed by atoms with Crippen LogP contribution in [0.1, 0.15) is 103 Å². The molecule has 124 valence electrons. The molecule has 1 atom stereocenters. The lowest BCUT2D eigenvalue weighted by Gasteiger charge is -2.37. The second kappa shape index (κ2) is 16.6. The van der Waals surface area contributed by atoms with Crippen LogP contribution >= 0.6 is 0 Å². The van der Waals surface area contributed by atoms with Gasteiger partial charge in [0.05, 0.1) is 0 Å². The summed E-state index contributed by atoms with van der Waals surface area (Å²) in [4.78, 5) is 0. The molecule has 0 radical (unpaired) electrons. The first-order valence-electron chi connectivity index (χ1n) is 8.88. The van der Waals surface area contributed by atoms with Crippen molar-refractivity contribution in [3.8, 4) is 11.8 Å². The number of hydrogen-bond donors (Lipinski definition) is 0. The molecule has 0 nitrogen and oxygen atoms in total. The first-order valence-corrected chi connectivity index (χ1v) is 8.88. The van der Waals surface area contributed by atoms with Crippen molar-refractivity contribution in [2.75, 3.05) is 0 Å². The largest absolute Gasteiger partial charge is 0.0996 e. The van der Waals surface area contributed by atoms with Crippen LogP contribution in [0, 0.1) is 28.6 Å². The number of hydrogen-bond acceptors (Lipinski definition) is 0. The van der Waals surface area contributed by atoms with Crippen molar-refractivity contribution < 1.29 is 0 Å². The van der Waals surface area contributed by atoms with Gasteiger partial charge in [0.2, 0.25) is 0 Å². The third-order valence-corrected chi connectivity index (χ3v) is 3.53. The second-order valence-corrected chi connectivity index (χ2v) is 5.22. The van der Waals surface area contributed by atoms with Crippen LogP contribution < -0.4 is 0 Å². The summed E-state index contributed by atoms with van der Waals surface area (Å²) in [6.07, 6.45) is 2.53. The van der Waals surface area contributed by atoms with Gasteiger partial charge in [0.25, 0.3) is 0 Å². The zero-order chi connectivity index (χ0) is 17.4. The Hall–Kier alpha value is -0.440. The van der Waals surface area contributed by atoms with E-state index in [1.165, 1.54) is 12.8 Å². The maximum Gasteiger partial charge on any atom is 0.0309 e. The van der Waals surface area contributed by atoms with Gasteiger partial charge in [0.1, 0.15) is 0 Å². The summed E-state index contributed by atoms with van der Waals surface area (Å²) in [5.74, 6) is 7.34. The molecule has 1 rings (SSSR count). The van der Waals surface area contributed by atoms with Crippen molar-refractivity contribution in [3.05, 3.63) is 0 Å². The second-order valence-electron chi connectivity index (χ2n) is 5.22. The van der Waals surface area contributed by atoms with Gasteiger partial charge < -0.3 is 0 Å². The van der Waals surface area contributed by atoms with Crippen molar-refractivity contribution in [2.24, 2.45) is 16.7 Å². The van der Waals surface area contributed by atoms with E-state index < -0.39 is 0 Å². The summed E-state index contributed by atoms with van der Waals surface area (Å²) >= 11 is 0. The average molecular weight is 285 g/mol. The molecule has 0 fully saturated rings. The predicted octanol–water partition coefficient (Wildman–Crippen LogP) is 7.58. The Bertz CT molecular complexity index is 222. The van der Waals surface area contributed by atoms with Gasteiger partial charge >= 0.3 is 0 Å². The van der Waals surface area contributed by atoms with E-state index >= 15 is 0 Å². The molecule has 0 aliphatic heterocycles. The molecule has 1 unspecified atom stereocenters. The van der Waals surface area contributed by atoms with E-state index in [1.807, 2.05) is 55.4 Å². The van der Waals surface area contributed by atoms with E-state index in [0.29, 0.717) is 11.3 Å². The van der Waals surface area contributed by atoms with E-state index in [9.17, 15) is 0 Å². The maximum absolute atomic E-state index is 3.41. The van der Waals surface area contributed by atoms with Gasteiger partial charge in [-0.15, -0.1) is 0 Å². The van der Waals surface area contributed by atoms with E-state index in [1.54, 1.807) is 0 Å². The van der Waals surface area contributed by atoms with E-state index in [0.717, 1.165) is 0 Å². The monoisotopic (exact) mass is 284 g/mol. The predicted molar refractivity (Wildman–Crippen MR) is 99.1 cm³/mol. The average Bonchev–Trinajstić information content (AvgIpc) is 2.59. The standard InChI is InChI=1S/C12H20.4C2H6/c1-10-6-8-11(2,3)12(4,5)9-7-10;4*1-2/h10H,6,8H2,1-5H3;4*1-2H3. The molecule has 0 bridgehead atoms. The molecule has 0 spiro atoms. The summed E-state index contributed by atoms with van der Waals surface area (Å²) in [6.45, 7) is 27.4. The molecule has 0 amide bonds. The van der Waals surface area contributed by atoms with Crippen molar-refractivity contribution >= 4 is 0 Å². The highest BCUT2D eigenvalue weighted by Gasteiger charge is 2.36. The van der Waals surface area contributed by atoms with E-state index in [-0.39, 0.29) is 5.41 Å². The SMILES string of the molecule is CC.CC.CC.CC.CC1C#CC(C)(C)C(C)(C)CC1. The van der Waals surface area contributed by atoms with E-state index in [4.69, 9.17) is 0 Å². The summed E-state index contributed by atoms with van der Waals surface area (Å²) < 4.78 is 0. The molecule has 0 aromatic rings. The molecular formula is C20H44. The van der Waals surface area contributed by atoms with Gasteiger partial charge in [-0.1, -0.05) is 88.0 Å². The smallest absolute Gasteiger partial charge is 0.0309 e. The van der Waals surface area contributed by atoms with Crippen LogP contribution in [0.15, 0.2) is 0 Å². The fourth-order valence-corrected chi connectivity index (χ4v) is 1.43. The van der Waals surface area contributed by atoms with Crippen LogP contribution in [-0.2, 0) is 0 Å². The topological polar surface area (TPSA) is 0 Å². The first-order chi connectivity index (χ1) is 9.35. The lowest BCUT2D eigenvalue weighted by Crippen LogP contribution is -2.30. The summed E-state index contributed by atoms with van der Waals surface area (Å²) in [7, 11) is 0. The molecule has 1 aliphatic rings. The molecule has 0 aromatic heterocycles. The van der Waals surface area contributed by atoms with Crippen LogP contribution in [0.3, 0.4) is 0 Å². The number of rotatable bonds is 0. The van der Waals surface area contributed by atoms with E-state index in [2.05, 4.69) is 46.5 Å². The fraction of sp³-hybridized carbons (Fsp3) is 0.900. The molecule has 1 aliphatic carbocycles. The Balaban J connectivity index is -0.000000138. The minimum absolute atomic E-state index is 0.178. The lowest BCUT2D eigenvalue weighted by atomic mass is 9.67. The van der Waals surface area contributed by atoms with Crippen molar-refractivity contribution in [1.82, 2.24) is 0 Å². The Morgan fingerprint density at radius 1 is 0.750 bits per heavy atom. The maximum atomic E-state index is 3.41. The Labute approximate surface area is 132 Å². The molecule has 0 saturated carbocycles. The van der Waals surface area contributed by atoms with Gasteiger partial charge in [-0.3, -0.25) is 0 Å². The summed E-state index contributed by atoms with van der Waals surface area (Å²) in [6, 6.07) is 0. The third-order valence-electron chi connectivity index (χ3n) is 3.53. The summed E-state index contributed by atoms with van der Waals surface area (Å²) in [5.41, 5.74) is 0.544. The molecule has 0 heteroatoms. The minimum Gasteiger partial charge on any atom is -0.0996 e. The highest BCUT2D eigenvalue weighted by Crippen LogP contribution is 2.43. The lowest BCUT2D eigenvalue weighted by molar-refractivity contribution is 0.158. The Morgan fingerprint density at radius 2 is 1.10 bits per heavy atom. The van der Waals surface area contributed by atoms with Crippen molar-refractivity contribution in [3.63, 3.8) is 0 Å². The molecule has 0 aromatic carbocycles. The molecule has 0 heterocycles. The quantitative estimate of drug-likeness (QED) is 0.402. The molecule has 0 saturated heterocycles. The highest BCUT2D eigenvalue weighted by atomic mass is 14.4. The van der Waals surface area contributed by atoms with Gasteiger partial charge in [0, 0.05) is 11.3 Å². The first kappa shape index (κ1) is 27.8. The van der Waals surface area contributed by atoms with Gasteiger partial charge in [-0.25, -0.2) is 0 Å². The summed E-state index contributed by atoms with van der Waals surface area (Å²) in [5, 5.41) is 0. The Kier molecular flexibility index (Phi) is 23.1. The van der Waals surface area contributed by atoms with Crippen LogP contribution in [0.25, 0.3) is 0 Å². The molecule has 20 heavy (non-hydrogen) atoms. The molecule has 0 N–H and O–H groups in total. The zero-order valence-corrected chi connectivity index (χ0v) is 17.0. The molecular weight excluding hydrogens is 240 g/mol. The highest BCUT2D eigenvalue weighted by molar-refractivity contribution is 5.17. The third kappa shape index (κ3) is 11.4. The zero-order valence-electron chi connectivity index (χ0n) is 17.0. The van der Waals surface area contributed by atoms with Gasteiger partial charge in [-0.2, -0.15) is 0 Å². The van der Waals surface area contributed by atoms with Crippen LogP contribution in [0.2, 0.25) is 0 Å². The fourth-order valence-electron chi connectivity index (χ4n) is 1.43. The van der Waals surface area contributed by atoms with Crippen molar-refractivity contribution in [2.45, 2.75) is 103 Å². The van der Waals surface area contributed by atoms with Gasteiger partial charge in [-0.05, 0) is 32.1 Å². The Morgan fingerprint density at radius 3 is 1.45 bits per heavy atom. The van der Waals surface area contributed by atoms with Gasteiger partial charge in [0.15, 0.2) is 0 Å². The van der Waals surface area contributed by atoms with Crippen LogP contribution in [-0.4, -0.2) is 0 Å². The normalized spacial score (nSPS) is 20.1.